The molecule has 1 spiro atoms. The van der Waals surface area contributed by atoms with E-state index in [0.29, 0.717) is 11.5 Å². The van der Waals surface area contributed by atoms with Gasteiger partial charge in [-0.3, -0.25) is 4.90 Å². The van der Waals surface area contributed by atoms with Gasteiger partial charge in [-0.05, 0) is 62.0 Å². The van der Waals surface area contributed by atoms with E-state index in [2.05, 4.69) is 57.4 Å². The molecule has 1 aromatic heterocycles. The van der Waals surface area contributed by atoms with Crippen molar-refractivity contribution in [3.8, 4) is 0 Å². The van der Waals surface area contributed by atoms with E-state index in [0.717, 1.165) is 26.1 Å². The Labute approximate surface area is 156 Å². The minimum Gasteiger partial charge on any atom is -0.357 e. The predicted octanol–water partition coefficient (Wildman–Crippen LogP) is 4.49. The van der Waals surface area contributed by atoms with Crippen molar-refractivity contribution in [2.45, 2.75) is 69.2 Å². The van der Waals surface area contributed by atoms with E-state index in [-0.39, 0.29) is 6.23 Å². The summed E-state index contributed by atoms with van der Waals surface area (Å²) in [6.07, 6.45) is 13.4. The Morgan fingerprint density at radius 3 is 2.73 bits per heavy atom. The van der Waals surface area contributed by atoms with Crippen LogP contribution in [0, 0.1) is 0 Å². The molecule has 2 aromatic rings. The zero-order valence-electron chi connectivity index (χ0n) is 15.5. The Hall–Kier alpha value is -1.65. The molecular formula is C22H29N3O. The maximum atomic E-state index is 5.90. The first-order chi connectivity index (χ1) is 12.8. The van der Waals surface area contributed by atoms with Gasteiger partial charge < -0.3 is 4.74 Å². The highest BCUT2D eigenvalue weighted by Crippen LogP contribution is 2.51. The van der Waals surface area contributed by atoms with E-state index in [1.54, 1.807) is 0 Å². The molecule has 2 saturated heterocycles. The van der Waals surface area contributed by atoms with Crippen LogP contribution in [0.1, 0.15) is 68.2 Å². The first-order valence-electron chi connectivity index (χ1n) is 10.3. The summed E-state index contributed by atoms with van der Waals surface area (Å²) in [6.45, 7) is 3.11. The molecule has 1 saturated carbocycles. The van der Waals surface area contributed by atoms with Gasteiger partial charge in [0.2, 0.25) is 0 Å². The topological polar surface area (TPSA) is 30.3 Å². The quantitative estimate of drug-likeness (QED) is 0.813. The molecule has 1 aromatic carbocycles. The van der Waals surface area contributed by atoms with E-state index in [4.69, 9.17) is 4.74 Å². The third-order valence-electron chi connectivity index (χ3n) is 6.66. The number of hydrogen-bond acceptors (Lipinski definition) is 3. The highest BCUT2D eigenvalue weighted by molar-refractivity contribution is 5.20. The van der Waals surface area contributed by atoms with Gasteiger partial charge in [0.15, 0.2) is 0 Å². The largest absolute Gasteiger partial charge is 0.357 e. The van der Waals surface area contributed by atoms with Gasteiger partial charge in [-0.2, -0.15) is 5.10 Å². The van der Waals surface area contributed by atoms with Crippen molar-refractivity contribution in [3.63, 3.8) is 0 Å². The average Bonchev–Trinajstić information content (AvgIpc) is 3.29. The Bertz CT molecular complexity index is 731. The monoisotopic (exact) mass is 351 g/mol. The van der Waals surface area contributed by atoms with Gasteiger partial charge in [-0.1, -0.05) is 30.3 Å². The number of ether oxygens (including phenoxy) is 1. The SMILES string of the molecule is c1ccc(CN2CC(c3cnn(C4CCCCO4)c3)CCC23CC3)cc1. The molecule has 1 aliphatic carbocycles. The third-order valence-corrected chi connectivity index (χ3v) is 6.66. The molecule has 2 unspecified atom stereocenters. The molecular weight excluding hydrogens is 322 g/mol. The van der Waals surface area contributed by atoms with Gasteiger partial charge in [0.05, 0.1) is 6.20 Å². The molecule has 0 bridgehead atoms. The summed E-state index contributed by atoms with van der Waals surface area (Å²) >= 11 is 0. The zero-order chi connectivity index (χ0) is 17.4. The number of aromatic nitrogens is 2. The van der Waals surface area contributed by atoms with Crippen LogP contribution >= 0.6 is 0 Å². The standard InChI is InChI=1S/C22H29N3O/c1-2-6-18(7-3-1)15-24-16-19(9-10-22(24)11-12-22)20-14-23-25(17-20)21-8-4-5-13-26-21/h1-3,6-7,14,17,19,21H,4-5,8-13,15-16H2. The Balaban J connectivity index is 1.30. The van der Waals surface area contributed by atoms with Crippen LogP contribution in [0.15, 0.2) is 42.7 Å². The van der Waals surface area contributed by atoms with Crippen molar-refractivity contribution in [3.05, 3.63) is 53.9 Å². The van der Waals surface area contributed by atoms with E-state index < -0.39 is 0 Å². The highest BCUT2D eigenvalue weighted by Gasteiger charge is 2.50. The predicted molar refractivity (Wildman–Crippen MR) is 102 cm³/mol. The molecule has 2 aliphatic heterocycles. The molecule has 4 nitrogen and oxygen atoms in total. The Kier molecular flexibility index (Phi) is 4.33. The summed E-state index contributed by atoms with van der Waals surface area (Å²) in [6, 6.07) is 10.9. The summed E-state index contributed by atoms with van der Waals surface area (Å²) in [5, 5.41) is 4.65. The second-order valence-corrected chi connectivity index (χ2v) is 8.40. The summed E-state index contributed by atoms with van der Waals surface area (Å²) < 4.78 is 7.96. The van der Waals surface area contributed by atoms with Crippen LogP contribution in [-0.4, -0.2) is 33.4 Å². The number of piperidine rings is 1. The minimum absolute atomic E-state index is 0.149. The maximum absolute atomic E-state index is 5.90. The summed E-state index contributed by atoms with van der Waals surface area (Å²) in [4.78, 5) is 2.75. The van der Waals surface area contributed by atoms with Crippen LogP contribution < -0.4 is 0 Å². The summed E-state index contributed by atoms with van der Waals surface area (Å²) in [7, 11) is 0. The number of rotatable bonds is 4. The molecule has 3 heterocycles. The lowest BCUT2D eigenvalue weighted by Gasteiger charge is -2.40. The number of benzene rings is 1. The fraction of sp³-hybridized carbons (Fsp3) is 0.591. The van der Waals surface area contributed by atoms with Crippen LogP contribution in [0.2, 0.25) is 0 Å². The lowest BCUT2D eigenvalue weighted by molar-refractivity contribution is -0.0395. The fourth-order valence-electron chi connectivity index (χ4n) is 4.82. The molecule has 2 atom stereocenters. The second kappa shape index (κ2) is 6.82. The number of nitrogens with zero attached hydrogens (tertiary/aromatic N) is 3. The zero-order valence-corrected chi connectivity index (χ0v) is 15.5. The number of hydrogen-bond donors (Lipinski definition) is 0. The van der Waals surface area contributed by atoms with E-state index >= 15 is 0 Å². The molecule has 5 rings (SSSR count). The lowest BCUT2D eigenvalue weighted by atomic mass is 9.87. The van der Waals surface area contributed by atoms with Crippen LogP contribution in [0.3, 0.4) is 0 Å². The van der Waals surface area contributed by atoms with E-state index in [9.17, 15) is 0 Å². The molecule has 0 radical (unpaired) electrons. The summed E-state index contributed by atoms with van der Waals surface area (Å²) in [5.74, 6) is 0.599. The van der Waals surface area contributed by atoms with Crippen LogP contribution in [0.5, 0.6) is 0 Å². The minimum atomic E-state index is 0.149. The normalized spacial score (nSPS) is 28.3. The molecule has 3 fully saturated rings. The first kappa shape index (κ1) is 16.5. The van der Waals surface area contributed by atoms with Crippen molar-refractivity contribution in [2.24, 2.45) is 0 Å². The van der Waals surface area contributed by atoms with Gasteiger partial charge >= 0.3 is 0 Å². The smallest absolute Gasteiger partial charge is 0.150 e. The van der Waals surface area contributed by atoms with Crippen molar-refractivity contribution in [2.75, 3.05) is 13.2 Å². The van der Waals surface area contributed by atoms with E-state index in [1.807, 2.05) is 0 Å². The van der Waals surface area contributed by atoms with Crippen molar-refractivity contribution < 1.29 is 4.74 Å². The maximum Gasteiger partial charge on any atom is 0.150 e. The summed E-state index contributed by atoms with van der Waals surface area (Å²) in [5.41, 5.74) is 3.33. The van der Waals surface area contributed by atoms with Gasteiger partial charge in [0.1, 0.15) is 6.23 Å². The van der Waals surface area contributed by atoms with Gasteiger partial charge in [-0.15, -0.1) is 0 Å². The molecule has 0 N–H and O–H groups in total. The average molecular weight is 351 g/mol. The van der Waals surface area contributed by atoms with Crippen molar-refractivity contribution >= 4 is 0 Å². The fourth-order valence-corrected chi connectivity index (χ4v) is 4.82. The Morgan fingerprint density at radius 2 is 1.96 bits per heavy atom. The van der Waals surface area contributed by atoms with E-state index in [1.165, 1.54) is 49.7 Å². The van der Waals surface area contributed by atoms with Gasteiger partial charge in [0, 0.05) is 31.4 Å². The second-order valence-electron chi connectivity index (χ2n) is 8.40. The molecule has 138 valence electrons. The van der Waals surface area contributed by atoms with Crippen LogP contribution in [0.25, 0.3) is 0 Å². The molecule has 4 heteroatoms. The van der Waals surface area contributed by atoms with Crippen LogP contribution in [-0.2, 0) is 11.3 Å². The number of likely N-dealkylation sites (tertiary alicyclic amines) is 1. The molecule has 26 heavy (non-hydrogen) atoms. The highest BCUT2D eigenvalue weighted by atomic mass is 16.5. The third kappa shape index (κ3) is 3.21. The first-order valence-corrected chi connectivity index (χ1v) is 10.3. The van der Waals surface area contributed by atoms with Crippen molar-refractivity contribution in [1.29, 1.82) is 0 Å². The molecule has 0 amide bonds. The van der Waals surface area contributed by atoms with Gasteiger partial charge in [-0.25, -0.2) is 4.68 Å². The van der Waals surface area contributed by atoms with Crippen LogP contribution in [0.4, 0.5) is 0 Å². The van der Waals surface area contributed by atoms with Gasteiger partial charge in [0.25, 0.3) is 0 Å². The Morgan fingerprint density at radius 1 is 1.08 bits per heavy atom. The lowest BCUT2D eigenvalue weighted by Crippen LogP contribution is -2.43. The van der Waals surface area contributed by atoms with Crippen molar-refractivity contribution in [1.82, 2.24) is 14.7 Å². The molecule has 3 aliphatic rings.